The molecule has 1 heterocycles. The van der Waals surface area contributed by atoms with E-state index in [1.165, 1.54) is 6.92 Å². The van der Waals surface area contributed by atoms with Crippen LogP contribution in [0.3, 0.4) is 0 Å². The first kappa shape index (κ1) is 12.8. The highest BCUT2D eigenvalue weighted by molar-refractivity contribution is 6.32. The number of carbonyl (C=O) groups excluding carboxylic acids is 3. The van der Waals surface area contributed by atoms with Gasteiger partial charge in [0.2, 0.25) is 0 Å². The van der Waals surface area contributed by atoms with Crippen LogP contribution in [0.5, 0.6) is 0 Å². The SMILES string of the molecule is CC[N+]1(C(=O)C(C)=O)CCCCC1C(=O)[O-]. The predicted octanol–water partition coefficient (Wildman–Crippen LogP) is -0.759. The molecule has 0 spiro atoms. The highest BCUT2D eigenvalue weighted by atomic mass is 16.4. The maximum absolute atomic E-state index is 11.9. The summed E-state index contributed by atoms with van der Waals surface area (Å²) >= 11 is 0. The van der Waals surface area contributed by atoms with Crippen molar-refractivity contribution in [2.75, 3.05) is 13.1 Å². The minimum absolute atomic E-state index is 0.266. The molecule has 5 nitrogen and oxygen atoms in total. The Balaban J connectivity index is 3.11. The average molecular weight is 227 g/mol. The number of hydrogen-bond acceptors (Lipinski definition) is 4. The molecule has 1 amide bonds. The molecule has 2 atom stereocenters. The van der Waals surface area contributed by atoms with Gasteiger partial charge >= 0.3 is 5.91 Å². The first-order chi connectivity index (χ1) is 7.45. The van der Waals surface area contributed by atoms with Gasteiger partial charge in [-0.25, -0.2) is 9.28 Å². The molecule has 0 aromatic heterocycles. The zero-order chi connectivity index (χ0) is 12.3. The van der Waals surface area contributed by atoms with Crippen molar-refractivity contribution in [3.63, 3.8) is 0 Å². The van der Waals surface area contributed by atoms with Crippen molar-refractivity contribution in [1.82, 2.24) is 0 Å². The topological polar surface area (TPSA) is 74.3 Å². The molecule has 0 bridgehead atoms. The van der Waals surface area contributed by atoms with Crippen LogP contribution in [0.15, 0.2) is 0 Å². The van der Waals surface area contributed by atoms with Crippen LogP contribution in [0.1, 0.15) is 33.1 Å². The monoisotopic (exact) mass is 227 g/mol. The molecule has 1 saturated heterocycles. The number of carboxylic acids is 1. The molecule has 0 aliphatic carbocycles. The van der Waals surface area contributed by atoms with Crippen LogP contribution in [0.4, 0.5) is 0 Å². The summed E-state index contributed by atoms with van der Waals surface area (Å²) in [5, 5.41) is 11.1. The molecule has 0 saturated carbocycles. The number of likely N-dealkylation sites (N-methyl/N-ethyl adjacent to an activating group) is 1. The number of piperidine rings is 1. The smallest absolute Gasteiger partial charge is 0.381 e. The Hall–Kier alpha value is -1.23. The fourth-order valence-corrected chi connectivity index (χ4v) is 2.53. The fraction of sp³-hybridized carbons (Fsp3) is 0.727. The van der Waals surface area contributed by atoms with Crippen molar-refractivity contribution in [3.8, 4) is 0 Å². The minimum Gasteiger partial charge on any atom is -0.544 e. The molecule has 1 aliphatic heterocycles. The molecule has 1 fully saturated rings. The lowest BCUT2D eigenvalue weighted by Gasteiger charge is -2.44. The molecule has 1 rings (SSSR count). The van der Waals surface area contributed by atoms with Gasteiger partial charge in [-0.3, -0.25) is 4.79 Å². The van der Waals surface area contributed by atoms with Crippen LogP contribution in [0.25, 0.3) is 0 Å². The number of hydrogen-bond donors (Lipinski definition) is 0. The summed E-state index contributed by atoms with van der Waals surface area (Å²) in [6, 6.07) is -0.866. The van der Waals surface area contributed by atoms with Crippen molar-refractivity contribution in [2.45, 2.75) is 39.2 Å². The van der Waals surface area contributed by atoms with E-state index in [1.54, 1.807) is 6.92 Å². The summed E-state index contributed by atoms with van der Waals surface area (Å²) in [7, 11) is 0. The van der Waals surface area contributed by atoms with Gasteiger partial charge in [-0.15, -0.1) is 0 Å². The highest BCUT2D eigenvalue weighted by Crippen LogP contribution is 2.26. The molecular formula is C11H17NO4. The molecule has 0 aromatic carbocycles. The van der Waals surface area contributed by atoms with Gasteiger partial charge in [-0.05, 0) is 19.8 Å². The first-order valence-corrected chi connectivity index (χ1v) is 5.58. The average Bonchev–Trinajstić information content (AvgIpc) is 2.27. The van der Waals surface area contributed by atoms with Gasteiger partial charge in [0.1, 0.15) is 6.04 Å². The van der Waals surface area contributed by atoms with Crippen LogP contribution in [0, 0.1) is 0 Å². The van der Waals surface area contributed by atoms with Crippen LogP contribution in [-0.2, 0) is 14.4 Å². The molecule has 16 heavy (non-hydrogen) atoms. The first-order valence-electron chi connectivity index (χ1n) is 5.58. The number of carboxylic acid groups (broad SMARTS) is 1. The Bertz CT molecular complexity index is 326. The number of nitrogens with zero attached hydrogens (tertiary/aromatic N) is 1. The number of carbonyl (C=O) groups is 3. The van der Waals surface area contributed by atoms with Crippen LogP contribution in [-0.4, -0.2) is 41.3 Å². The van der Waals surface area contributed by atoms with Gasteiger partial charge in [0.15, 0.2) is 0 Å². The van der Waals surface area contributed by atoms with Crippen molar-refractivity contribution >= 4 is 17.7 Å². The van der Waals surface area contributed by atoms with E-state index in [9.17, 15) is 19.5 Å². The lowest BCUT2D eigenvalue weighted by molar-refractivity contribution is -0.873. The van der Waals surface area contributed by atoms with Gasteiger partial charge in [-0.2, -0.15) is 0 Å². The number of rotatable bonds is 3. The van der Waals surface area contributed by atoms with E-state index in [1.807, 2.05) is 0 Å². The third-order valence-electron chi connectivity index (χ3n) is 3.42. The van der Waals surface area contributed by atoms with E-state index in [-0.39, 0.29) is 4.48 Å². The van der Waals surface area contributed by atoms with E-state index < -0.39 is 23.7 Å². The second-order valence-electron chi connectivity index (χ2n) is 4.27. The molecule has 0 aromatic rings. The number of aliphatic carboxylic acids is 1. The zero-order valence-electron chi connectivity index (χ0n) is 9.69. The van der Waals surface area contributed by atoms with E-state index in [2.05, 4.69) is 0 Å². The summed E-state index contributed by atoms with van der Waals surface area (Å²) in [5.74, 6) is -2.40. The molecule has 0 N–H and O–H groups in total. The molecular weight excluding hydrogens is 210 g/mol. The second kappa shape index (κ2) is 4.74. The number of likely N-dealkylation sites (tertiary alicyclic amines) is 1. The Morgan fingerprint density at radius 2 is 1.94 bits per heavy atom. The van der Waals surface area contributed by atoms with E-state index in [0.29, 0.717) is 19.5 Å². The normalized spacial score (nSPS) is 29.8. The van der Waals surface area contributed by atoms with Crippen molar-refractivity contribution < 1.29 is 24.0 Å². The third kappa shape index (κ3) is 2.00. The molecule has 2 unspecified atom stereocenters. The number of quaternary nitrogens is 1. The van der Waals surface area contributed by atoms with Gasteiger partial charge in [0, 0.05) is 13.3 Å². The summed E-state index contributed by atoms with van der Waals surface area (Å²) in [6.07, 6.45) is 1.95. The summed E-state index contributed by atoms with van der Waals surface area (Å²) in [4.78, 5) is 34.2. The third-order valence-corrected chi connectivity index (χ3v) is 3.42. The van der Waals surface area contributed by atoms with Gasteiger partial charge in [0.05, 0.1) is 19.1 Å². The number of amides is 1. The van der Waals surface area contributed by atoms with Crippen LogP contribution >= 0.6 is 0 Å². The summed E-state index contributed by atoms with van der Waals surface area (Å²) in [6.45, 7) is 3.69. The van der Waals surface area contributed by atoms with Crippen LogP contribution < -0.4 is 5.11 Å². The Labute approximate surface area is 94.6 Å². The van der Waals surface area contributed by atoms with E-state index in [4.69, 9.17) is 0 Å². The van der Waals surface area contributed by atoms with Crippen LogP contribution in [0.2, 0.25) is 0 Å². The lowest BCUT2D eigenvalue weighted by Crippen LogP contribution is -2.67. The molecule has 0 radical (unpaired) electrons. The van der Waals surface area contributed by atoms with Gasteiger partial charge in [-0.1, -0.05) is 0 Å². The standard InChI is InChI=1S/C11H17NO4/c1-3-12(10(14)8(2)13)7-5-4-6-9(12)11(15)16/h9H,3-7H2,1-2H3. The summed E-state index contributed by atoms with van der Waals surface area (Å²) < 4.78 is -0.266. The largest absolute Gasteiger partial charge is 0.544 e. The van der Waals surface area contributed by atoms with Gasteiger partial charge in [0.25, 0.3) is 5.78 Å². The molecule has 90 valence electrons. The Morgan fingerprint density at radius 3 is 2.38 bits per heavy atom. The van der Waals surface area contributed by atoms with Crippen molar-refractivity contribution in [3.05, 3.63) is 0 Å². The molecule has 1 aliphatic rings. The second-order valence-corrected chi connectivity index (χ2v) is 4.27. The minimum atomic E-state index is -1.23. The Kier molecular flexibility index (Phi) is 3.80. The van der Waals surface area contributed by atoms with Gasteiger partial charge < -0.3 is 9.90 Å². The maximum Gasteiger partial charge on any atom is 0.381 e. The Morgan fingerprint density at radius 1 is 1.31 bits per heavy atom. The van der Waals surface area contributed by atoms with Crippen molar-refractivity contribution in [2.24, 2.45) is 0 Å². The number of Topliss-reactive ketones (excluding diaryl/α,β-unsaturated/α-hetero) is 1. The van der Waals surface area contributed by atoms with E-state index in [0.717, 1.165) is 12.8 Å². The van der Waals surface area contributed by atoms with Crippen molar-refractivity contribution in [1.29, 1.82) is 0 Å². The highest BCUT2D eigenvalue weighted by Gasteiger charge is 2.47. The fourth-order valence-electron chi connectivity index (χ4n) is 2.53. The maximum atomic E-state index is 11.9. The zero-order valence-corrected chi connectivity index (χ0v) is 9.69. The molecule has 5 heteroatoms. The quantitative estimate of drug-likeness (QED) is 0.469. The predicted molar refractivity (Wildman–Crippen MR) is 54.0 cm³/mol. The summed E-state index contributed by atoms with van der Waals surface area (Å²) in [5.41, 5.74) is 0. The van der Waals surface area contributed by atoms with E-state index >= 15 is 0 Å². The number of ketones is 1. The lowest BCUT2D eigenvalue weighted by atomic mass is 9.97.